The van der Waals surface area contributed by atoms with Crippen LogP contribution in [0.5, 0.6) is 5.75 Å². The molecule has 0 N–H and O–H groups in total. The number of imidazole rings is 1. The summed E-state index contributed by atoms with van der Waals surface area (Å²) in [7, 11) is 3.17. The van der Waals surface area contributed by atoms with E-state index in [1.165, 1.54) is 4.57 Å². The van der Waals surface area contributed by atoms with E-state index in [9.17, 15) is 9.59 Å². The van der Waals surface area contributed by atoms with Crippen LogP contribution in [0.25, 0.3) is 11.2 Å². The number of aryl methyl sites for hydroxylation is 1. The van der Waals surface area contributed by atoms with Gasteiger partial charge in [-0.05, 0) is 30.5 Å². The van der Waals surface area contributed by atoms with Crippen LogP contribution in [0, 0.1) is 0 Å². The quantitative estimate of drug-likeness (QED) is 0.538. The van der Waals surface area contributed by atoms with Crippen molar-refractivity contribution in [2.75, 3.05) is 7.11 Å². The average Bonchev–Trinajstić information content (AvgIpc) is 3.15. The van der Waals surface area contributed by atoms with Crippen molar-refractivity contribution in [3.8, 4) is 5.75 Å². The first-order chi connectivity index (χ1) is 14.5. The van der Waals surface area contributed by atoms with Crippen molar-refractivity contribution in [2.24, 2.45) is 7.05 Å². The molecule has 0 spiro atoms. The molecule has 0 unspecified atom stereocenters. The van der Waals surface area contributed by atoms with E-state index in [2.05, 4.69) is 18.4 Å². The van der Waals surface area contributed by atoms with Crippen molar-refractivity contribution in [3.63, 3.8) is 0 Å². The van der Waals surface area contributed by atoms with Crippen LogP contribution in [0.4, 0.5) is 0 Å². The summed E-state index contributed by atoms with van der Waals surface area (Å²) in [5, 5.41) is 0. The van der Waals surface area contributed by atoms with Crippen molar-refractivity contribution in [1.82, 2.24) is 18.7 Å². The Hall–Kier alpha value is -2.83. The molecule has 0 aliphatic carbocycles. The molecule has 0 amide bonds. The van der Waals surface area contributed by atoms with Crippen molar-refractivity contribution in [3.05, 3.63) is 56.5 Å². The molecule has 0 aliphatic rings. The molecule has 0 saturated carbocycles. The largest absolute Gasteiger partial charge is 0.497 e. The lowest BCUT2D eigenvalue weighted by molar-refractivity contribution is 0.414. The third kappa shape index (κ3) is 3.93. The number of methoxy groups -OCH3 is 1. The Morgan fingerprint density at radius 1 is 1.03 bits per heavy atom. The van der Waals surface area contributed by atoms with Gasteiger partial charge in [-0.2, -0.15) is 0 Å². The minimum atomic E-state index is -0.349. The summed E-state index contributed by atoms with van der Waals surface area (Å²) >= 11 is 0. The number of ether oxygens (including phenoxy) is 1. The number of benzene rings is 1. The monoisotopic (exact) mass is 412 g/mol. The number of nitrogens with zero attached hydrogens (tertiary/aromatic N) is 4. The lowest BCUT2D eigenvalue weighted by Gasteiger charge is -2.20. The Labute approximate surface area is 176 Å². The highest BCUT2D eigenvalue weighted by Gasteiger charge is 2.24. The van der Waals surface area contributed by atoms with E-state index in [-0.39, 0.29) is 17.3 Å². The second-order valence-electron chi connectivity index (χ2n) is 7.74. The van der Waals surface area contributed by atoms with E-state index in [1.807, 2.05) is 31.2 Å². The zero-order chi connectivity index (χ0) is 21.8. The van der Waals surface area contributed by atoms with Crippen LogP contribution in [0.3, 0.4) is 0 Å². The molecule has 7 heteroatoms. The highest BCUT2D eigenvalue weighted by Crippen LogP contribution is 2.26. The molecule has 2 aromatic heterocycles. The van der Waals surface area contributed by atoms with Crippen molar-refractivity contribution >= 4 is 11.2 Å². The predicted octanol–water partition coefficient (Wildman–Crippen LogP) is 3.66. The van der Waals surface area contributed by atoms with E-state index in [0.717, 1.165) is 42.8 Å². The second kappa shape index (κ2) is 9.32. The Balaban J connectivity index is 2.25. The normalized spacial score (nSPS) is 11.5. The number of hydrogen-bond donors (Lipinski definition) is 0. The van der Waals surface area contributed by atoms with Crippen molar-refractivity contribution in [1.29, 1.82) is 0 Å². The number of aromatic nitrogens is 4. The zero-order valence-electron chi connectivity index (χ0n) is 18.6. The Bertz CT molecular complexity index is 1120. The van der Waals surface area contributed by atoms with Gasteiger partial charge >= 0.3 is 5.69 Å². The highest BCUT2D eigenvalue weighted by atomic mass is 16.5. The minimum Gasteiger partial charge on any atom is -0.497 e. The maximum absolute atomic E-state index is 13.2. The maximum Gasteiger partial charge on any atom is 0.332 e. The lowest BCUT2D eigenvalue weighted by Crippen LogP contribution is -2.39. The summed E-state index contributed by atoms with van der Waals surface area (Å²) in [5.74, 6) is 1.62. The van der Waals surface area contributed by atoms with Gasteiger partial charge in [-0.25, -0.2) is 9.78 Å². The number of hydrogen-bond acceptors (Lipinski definition) is 4. The standard InChI is InChI=1S/C23H32N4O3/c1-6-9-17(10-7-2)27-19(8-3)24-21-20(27)22(28)25(4)23(29)26(21)15-16-11-13-18(30-5)14-12-16/h11-14,17H,6-10,15H2,1-5H3. The summed E-state index contributed by atoms with van der Waals surface area (Å²) < 4.78 is 10.2. The van der Waals surface area contributed by atoms with Crippen LogP contribution in [0.15, 0.2) is 33.9 Å². The predicted molar refractivity (Wildman–Crippen MR) is 120 cm³/mol. The molecule has 3 rings (SSSR count). The van der Waals surface area contributed by atoms with Gasteiger partial charge in [0, 0.05) is 19.5 Å². The smallest absolute Gasteiger partial charge is 0.332 e. The van der Waals surface area contributed by atoms with E-state index in [4.69, 9.17) is 9.72 Å². The SMILES string of the molecule is CCCC(CCC)n1c(CC)nc2c1c(=O)n(C)c(=O)n2Cc1ccc(OC)cc1. The molecule has 1 aromatic carbocycles. The van der Waals surface area contributed by atoms with Gasteiger partial charge in [-0.1, -0.05) is 45.7 Å². The topological polar surface area (TPSA) is 71.0 Å². The Morgan fingerprint density at radius 2 is 1.67 bits per heavy atom. The summed E-state index contributed by atoms with van der Waals surface area (Å²) in [4.78, 5) is 31.0. The molecule has 0 atom stereocenters. The molecule has 30 heavy (non-hydrogen) atoms. The van der Waals surface area contributed by atoms with Crippen molar-refractivity contribution < 1.29 is 4.74 Å². The molecule has 7 nitrogen and oxygen atoms in total. The first-order valence-electron chi connectivity index (χ1n) is 10.8. The fourth-order valence-corrected chi connectivity index (χ4v) is 4.14. The van der Waals surface area contributed by atoms with Gasteiger partial charge in [0.2, 0.25) is 0 Å². The van der Waals surface area contributed by atoms with Crippen LogP contribution in [-0.2, 0) is 20.0 Å². The third-order valence-corrected chi connectivity index (χ3v) is 5.67. The van der Waals surface area contributed by atoms with Crippen LogP contribution >= 0.6 is 0 Å². The fraction of sp³-hybridized carbons (Fsp3) is 0.522. The lowest BCUT2D eigenvalue weighted by atomic mass is 10.1. The average molecular weight is 413 g/mol. The summed E-state index contributed by atoms with van der Waals surface area (Å²) in [5.41, 5.74) is 1.34. The molecule has 2 heterocycles. The maximum atomic E-state index is 13.2. The highest BCUT2D eigenvalue weighted by molar-refractivity contribution is 5.71. The molecule has 0 aliphatic heterocycles. The molecular formula is C23H32N4O3. The first-order valence-corrected chi connectivity index (χ1v) is 10.8. The summed E-state index contributed by atoms with van der Waals surface area (Å²) in [6.45, 7) is 6.71. The second-order valence-corrected chi connectivity index (χ2v) is 7.74. The van der Waals surface area contributed by atoms with Gasteiger partial charge in [0.15, 0.2) is 11.2 Å². The third-order valence-electron chi connectivity index (χ3n) is 5.67. The molecule has 162 valence electrons. The molecule has 0 fully saturated rings. The van der Waals surface area contributed by atoms with Gasteiger partial charge in [0.25, 0.3) is 5.56 Å². The summed E-state index contributed by atoms with van der Waals surface area (Å²) in [6, 6.07) is 7.80. The Kier molecular flexibility index (Phi) is 6.80. The Morgan fingerprint density at radius 3 is 2.20 bits per heavy atom. The summed E-state index contributed by atoms with van der Waals surface area (Å²) in [6.07, 6.45) is 4.72. The molecule has 0 radical (unpaired) electrons. The zero-order valence-corrected chi connectivity index (χ0v) is 18.6. The molecule has 0 saturated heterocycles. The molecule has 0 bridgehead atoms. The molecular weight excluding hydrogens is 380 g/mol. The van der Waals surface area contributed by atoms with Crippen LogP contribution < -0.4 is 16.0 Å². The van der Waals surface area contributed by atoms with Gasteiger partial charge < -0.3 is 9.30 Å². The van der Waals surface area contributed by atoms with Gasteiger partial charge in [-0.3, -0.25) is 13.9 Å². The van der Waals surface area contributed by atoms with E-state index in [1.54, 1.807) is 18.7 Å². The van der Waals surface area contributed by atoms with E-state index in [0.29, 0.717) is 24.1 Å². The minimum absolute atomic E-state index is 0.208. The van der Waals surface area contributed by atoms with Gasteiger partial charge in [0.1, 0.15) is 11.6 Å². The van der Waals surface area contributed by atoms with Gasteiger partial charge in [-0.15, -0.1) is 0 Å². The first kappa shape index (κ1) is 21.9. The van der Waals surface area contributed by atoms with E-state index >= 15 is 0 Å². The van der Waals surface area contributed by atoms with E-state index < -0.39 is 0 Å². The van der Waals surface area contributed by atoms with Gasteiger partial charge in [0.05, 0.1) is 13.7 Å². The van der Waals surface area contributed by atoms with Crippen LogP contribution in [0.2, 0.25) is 0 Å². The van der Waals surface area contributed by atoms with Crippen LogP contribution in [-0.4, -0.2) is 25.8 Å². The number of rotatable bonds is 9. The van der Waals surface area contributed by atoms with Crippen molar-refractivity contribution in [2.45, 2.75) is 65.5 Å². The fourth-order valence-electron chi connectivity index (χ4n) is 4.14. The molecule has 3 aromatic rings. The van der Waals surface area contributed by atoms with Crippen LogP contribution in [0.1, 0.15) is 63.9 Å². The number of fused-ring (bicyclic) bond motifs is 1.